The minimum Gasteiger partial charge on any atom is -0.456 e. The van der Waals surface area contributed by atoms with Gasteiger partial charge in [0.05, 0.1) is 38.5 Å². The molecule has 2 aliphatic carbocycles. The van der Waals surface area contributed by atoms with E-state index in [1.165, 1.54) is 273 Å². The number of hydrogen-bond acceptors (Lipinski definition) is 2. The summed E-state index contributed by atoms with van der Waals surface area (Å²) in [6.07, 6.45) is 0. The molecule has 2 aliphatic rings. The number of fused-ring (bicyclic) bond motifs is 32. The fourth-order valence-corrected chi connectivity index (χ4v) is 25.6. The predicted molar refractivity (Wildman–Crippen MR) is 619 cm³/mol. The molecule has 0 saturated carbocycles. The highest BCUT2D eigenvalue weighted by atomic mass is 32.1. The van der Waals surface area contributed by atoms with Gasteiger partial charge >= 0.3 is 0 Å². The highest BCUT2D eigenvalue weighted by Crippen LogP contribution is 2.63. The monoisotopic (exact) mass is 1870 g/mol. The summed E-state index contributed by atoms with van der Waals surface area (Å²) >= 11 is 1.88. The average molecular weight is 1870 g/mol. The van der Waals surface area contributed by atoms with Crippen molar-refractivity contribution in [3.63, 3.8) is 0 Å². The number of thiophene rings is 1. The van der Waals surface area contributed by atoms with E-state index < -0.39 is 0 Å². The quantitative estimate of drug-likeness (QED) is 0.142. The Hall–Kier alpha value is -18.8. The van der Waals surface area contributed by atoms with Crippen LogP contribution in [0, 0.1) is 0 Å². The van der Waals surface area contributed by atoms with Gasteiger partial charge in [0.25, 0.3) is 0 Å². The summed E-state index contributed by atoms with van der Waals surface area (Å²) in [7, 11) is 0. The van der Waals surface area contributed by atoms with Gasteiger partial charge in [-0.05, 0) is 299 Å². The molecule has 4 nitrogen and oxygen atoms in total. The normalized spacial score (nSPS) is 12.4. The average Bonchev–Trinajstić information content (AvgIpc) is 1.50. The van der Waals surface area contributed by atoms with E-state index in [-0.39, 0.29) is 5.41 Å². The third-order valence-corrected chi connectivity index (χ3v) is 32.5. The molecule has 0 atom stereocenters. The summed E-state index contributed by atoms with van der Waals surface area (Å²) in [5.41, 5.74) is 37.9. The number of para-hydroxylation sites is 3. The van der Waals surface area contributed by atoms with Gasteiger partial charge in [-0.3, -0.25) is 0 Å². The lowest BCUT2D eigenvalue weighted by Gasteiger charge is -2.30. The second kappa shape index (κ2) is 33.2. The third kappa shape index (κ3) is 13.2. The molecule has 25 aromatic carbocycles. The molecular formula is C141H87N3OS. The molecule has 5 heterocycles. The maximum absolute atomic E-state index is 6.24. The third-order valence-electron chi connectivity index (χ3n) is 31.4. The smallest absolute Gasteiger partial charge is 0.136 e. The Morgan fingerprint density at radius 1 is 0.158 bits per heavy atom. The summed E-state index contributed by atoms with van der Waals surface area (Å²) in [5.74, 6) is 0. The number of rotatable bonds is 9. The molecule has 0 N–H and O–H groups in total. The zero-order valence-electron chi connectivity index (χ0n) is 79.4. The molecule has 0 bridgehead atoms. The molecule has 678 valence electrons. The predicted octanol–water partition coefficient (Wildman–Crippen LogP) is 38.7. The van der Waals surface area contributed by atoms with Crippen LogP contribution in [-0.4, -0.2) is 13.7 Å². The standard InChI is InChI=1S/C53H33N.C44H27NO.C44H27NS/c1-2-12-37-31-40(28-25-34(37)11-1)54-51-20-10-6-16-44(51)46-33-39(27-30-52(46)54)36-23-21-35(22-24-36)38-26-29-50-45(32-38)43-15-5-9-19-49(43)53(50)47-17-7-3-13-41(47)42-14-4-8-18-48(42)53;2*1-2-9-32-25-35(21-17-28(32)7-1)45-40-12-6-5-11-37(40)38-26-33(18-22-41(38)45)29-13-15-30(16-14-29)34-20-23-42-39(27-34)44-36-10-4-3-8-31(36)19-24-43(44)46-42/h1-33H;2*1-27H. The second-order valence-electron chi connectivity index (χ2n) is 39.2. The number of furan rings is 1. The molecule has 32 rings (SSSR count). The van der Waals surface area contributed by atoms with E-state index >= 15 is 0 Å². The van der Waals surface area contributed by atoms with Crippen molar-refractivity contribution < 1.29 is 4.42 Å². The van der Waals surface area contributed by atoms with Crippen LogP contribution in [0.15, 0.2) is 532 Å². The molecule has 0 aliphatic heterocycles. The zero-order valence-corrected chi connectivity index (χ0v) is 80.2. The lowest BCUT2D eigenvalue weighted by molar-refractivity contribution is 0.669. The molecule has 0 saturated heterocycles. The first-order valence-electron chi connectivity index (χ1n) is 50.4. The van der Waals surface area contributed by atoms with Gasteiger partial charge in [-0.2, -0.15) is 0 Å². The molecule has 0 radical (unpaired) electrons. The van der Waals surface area contributed by atoms with Crippen LogP contribution in [0.4, 0.5) is 0 Å². The van der Waals surface area contributed by atoms with Crippen molar-refractivity contribution in [2.45, 2.75) is 5.41 Å². The van der Waals surface area contributed by atoms with Gasteiger partial charge in [-0.25, -0.2) is 0 Å². The molecule has 146 heavy (non-hydrogen) atoms. The van der Waals surface area contributed by atoms with Gasteiger partial charge < -0.3 is 18.1 Å². The summed E-state index contributed by atoms with van der Waals surface area (Å²) in [4.78, 5) is 0. The summed E-state index contributed by atoms with van der Waals surface area (Å²) < 4.78 is 16.1. The Morgan fingerprint density at radius 2 is 0.438 bits per heavy atom. The maximum atomic E-state index is 6.24. The van der Waals surface area contributed by atoms with Crippen molar-refractivity contribution in [2.75, 3.05) is 0 Å². The van der Waals surface area contributed by atoms with Crippen LogP contribution in [0.25, 0.3) is 267 Å². The van der Waals surface area contributed by atoms with Gasteiger partial charge in [0.1, 0.15) is 11.2 Å². The topological polar surface area (TPSA) is 27.9 Å². The molecule has 0 unspecified atom stereocenters. The van der Waals surface area contributed by atoms with E-state index in [0.29, 0.717) is 0 Å². The maximum Gasteiger partial charge on any atom is 0.136 e. The van der Waals surface area contributed by atoms with Crippen LogP contribution in [0.2, 0.25) is 0 Å². The van der Waals surface area contributed by atoms with Crippen LogP contribution in [-0.2, 0) is 5.41 Å². The van der Waals surface area contributed by atoms with E-state index in [2.05, 4.69) is 541 Å². The van der Waals surface area contributed by atoms with E-state index in [1.807, 2.05) is 11.3 Å². The lowest BCUT2D eigenvalue weighted by Crippen LogP contribution is -2.25. The first-order valence-corrected chi connectivity index (χ1v) is 51.2. The molecule has 0 fully saturated rings. The van der Waals surface area contributed by atoms with E-state index in [9.17, 15) is 0 Å². The minimum absolute atomic E-state index is 0.308. The number of aromatic nitrogens is 3. The fourth-order valence-electron chi connectivity index (χ4n) is 24.5. The Bertz CT molecular complexity index is 10200. The Labute approximate surface area is 846 Å². The van der Waals surface area contributed by atoms with Gasteiger partial charge in [0, 0.05) is 80.3 Å². The molecule has 30 aromatic rings. The van der Waals surface area contributed by atoms with Gasteiger partial charge in [-0.1, -0.05) is 394 Å². The Balaban J connectivity index is 0.000000102. The Kier molecular flexibility index (Phi) is 18.9. The summed E-state index contributed by atoms with van der Waals surface area (Å²) in [6, 6.07) is 194. The number of nitrogens with zero attached hydrogens (tertiary/aromatic N) is 3. The summed E-state index contributed by atoms with van der Waals surface area (Å²) in [6.45, 7) is 0. The minimum atomic E-state index is -0.308. The second-order valence-corrected chi connectivity index (χ2v) is 40.3. The molecule has 5 heteroatoms. The molecule has 0 amide bonds. The van der Waals surface area contributed by atoms with E-state index in [1.54, 1.807) is 0 Å². The molecule has 1 spiro atoms. The molecular weight excluding hydrogens is 1780 g/mol. The van der Waals surface area contributed by atoms with Crippen LogP contribution in [0.1, 0.15) is 22.3 Å². The summed E-state index contributed by atoms with van der Waals surface area (Å²) in [5, 5.41) is 25.2. The molecule has 5 aromatic heterocycles. The SMILES string of the molecule is c1ccc2c(c1)-c1ccccc1C21c2ccccc2-c2cc(-c3ccc(-c4ccc5c(c4)c4ccccc4n5-c4ccc5ccccc5c4)cc3)ccc21.c1ccc2cc(-n3c4ccccc4c4cc(-c5ccc(-c6ccc7oc8ccc9ccccc9c8c7c6)cc5)ccc43)ccc2c1.c1ccc2cc(-n3c4ccccc4c4cc(-c5ccc(-c6ccc7sc8ccc9ccccc9c8c7c6)cc5)ccc43)ccc2c1. The van der Waals surface area contributed by atoms with Crippen molar-refractivity contribution in [3.05, 3.63) is 550 Å². The van der Waals surface area contributed by atoms with Crippen LogP contribution >= 0.6 is 11.3 Å². The Morgan fingerprint density at radius 3 is 0.870 bits per heavy atom. The van der Waals surface area contributed by atoms with E-state index in [0.717, 1.165) is 16.6 Å². The van der Waals surface area contributed by atoms with Crippen molar-refractivity contribution in [1.29, 1.82) is 0 Å². The first-order chi connectivity index (χ1) is 72.3. The lowest BCUT2D eigenvalue weighted by atomic mass is 9.70. The number of hydrogen-bond donors (Lipinski definition) is 0. The van der Waals surface area contributed by atoms with Gasteiger partial charge in [0.2, 0.25) is 0 Å². The van der Waals surface area contributed by atoms with Gasteiger partial charge in [-0.15, -0.1) is 11.3 Å². The zero-order chi connectivity index (χ0) is 95.8. The van der Waals surface area contributed by atoms with Crippen LogP contribution in [0.5, 0.6) is 0 Å². The largest absolute Gasteiger partial charge is 0.456 e. The van der Waals surface area contributed by atoms with Crippen molar-refractivity contribution in [2.24, 2.45) is 0 Å². The van der Waals surface area contributed by atoms with Crippen molar-refractivity contribution >= 4 is 173 Å². The van der Waals surface area contributed by atoms with E-state index in [4.69, 9.17) is 4.42 Å². The van der Waals surface area contributed by atoms with Crippen molar-refractivity contribution in [1.82, 2.24) is 13.7 Å². The van der Waals surface area contributed by atoms with Crippen LogP contribution in [0.3, 0.4) is 0 Å². The highest BCUT2D eigenvalue weighted by molar-refractivity contribution is 7.26. The fraction of sp³-hybridized carbons (Fsp3) is 0.00709. The van der Waals surface area contributed by atoms with Gasteiger partial charge in [0.15, 0.2) is 0 Å². The van der Waals surface area contributed by atoms with Crippen molar-refractivity contribution in [3.8, 4) is 106 Å². The first kappa shape index (κ1) is 83.0. The van der Waals surface area contributed by atoms with Crippen LogP contribution < -0.4 is 0 Å². The number of benzene rings is 25. The highest BCUT2D eigenvalue weighted by Gasteiger charge is 2.51.